The maximum absolute atomic E-state index is 12.6. The third-order valence-electron chi connectivity index (χ3n) is 4.06. The molecule has 2 aliphatic rings. The van der Waals surface area contributed by atoms with Gasteiger partial charge < -0.3 is 14.2 Å². The van der Waals surface area contributed by atoms with Crippen molar-refractivity contribution in [3.63, 3.8) is 0 Å². The van der Waals surface area contributed by atoms with Crippen molar-refractivity contribution < 1.29 is 23.8 Å². The van der Waals surface area contributed by atoms with Gasteiger partial charge in [-0.3, -0.25) is 14.5 Å². The second kappa shape index (κ2) is 8.55. The number of nitrogens with zero attached hydrogens (tertiary/aromatic N) is 1. The minimum atomic E-state index is -0.206. The van der Waals surface area contributed by atoms with E-state index in [4.69, 9.17) is 21.7 Å². The number of unbranched alkanes of at least 4 members (excludes halogenated alkanes) is 2. The normalized spacial score (nSPS) is 17.3. The van der Waals surface area contributed by atoms with Crippen molar-refractivity contribution in [2.75, 3.05) is 20.4 Å². The number of thiocarbonyl (C=S) groups is 1. The van der Waals surface area contributed by atoms with Gasteiger partial charge in [-0.15, -0.1) is 0 Å². The predicted molar refractivity (Wildman–Crippen MR) is 103 cm³/mol. The lowest BCUT2D eigenvalue weighted by Crippen LogP contribution is -2.29. The first kappa shape index (κ1) is 18.7. The molecule has 6 nitrogen and oxygen atoms in total. The van der Waals surface area contributed by atoms with Crippen molar-refractivity contribution in [2.45, 2.75) is 25.7 Å². The molecular formula is C18H19NO5S2. The predicted octanol–water partition coefficient (Wildman–Crippen LogP) is 3.35. The first-order chi connectivity index (χ1) is 12.6. The molecule has 0 radical (unpaired) electrons. The molecule has 0 N–H and O–H groups in total. The fraction of sp³-hybridized carbons (Fsp3) is 0.389. The highest BCUT2D eigenvalue weighted by atomic mass is 32.2. The Morgan fingerprint density at radius 3 is 2.92 bits per heavy atom. The van der Waals surface area contributed by atoms with Crippen LogP contribution in [0, 0.1) is 0 Å². The van der Waals surface area contributed by atoms with Crippen LogP contribution in [0.1, 0.15) is 31.2 Å². The van der Waals surface area contributed by atoms with Gasteiger partial charge in [-0.05, 0) is 36.6 Å². The third kappa shape index (κ3) is 4.37. The fourth-order valence-corrected chi connectivity index (χ4v) is 3.97. The summed E-state index contributed by atoms with van der Waals surface area (Å²) in [5.41, 5.74) is 0.868. The van der Waals surface area contributed by atoms with E-state index >= 15 is 0 Å². The van der Waals surface area contributed by atoms with Crippen molar-refractivity contribution >= 4 is 46.3 Å². The summed E-state index contributed by atoms with van der Waals surface area (Å²) in [5.74, 6) is 1.11. The SMILES string of the molecule is COC(=O)CCCCCN1C(=O)C(=Cc2ccc3c(c2)OCO3)SC1=S. The van der Waals surface area contributed by atoms with Gasteiger partial charge in [0.25, 0.3) is 5.91 Å². The molecule has 2 aliphatic heterocycles. The second-order valence-corrected chi connectivity index (χ2v) is 7.51. The Hall–Kier alpha value is -2.06. The van der Waals surface area contributed by atoms with Gasteiger partial charge in [0.15, 0.2) is 11.5 Å². The fourth-order valence-electron chi connectivity index (χ4n) is 2.67. The number of methoxy groups -OCH3 is 1. The van der Waals surface area contributed by atoms with E-state index in [1.54, 1.807) is 4.90 Å². The standard InChI is InChI=1S/C18H19NO5S2/c1-22-16(20)5-3-2-4-8-19-17(21)15(26-18(19)25)10-12-6-7-13-14(9-12)24-11-23-13/h6-7,9-10H,2-5,8,11H2,1H3. The highest BCUT2D eigenvalue weighted by Gasteiger charge is 2.31. The van der Waals surface area contributed by atoms with Crippen LogP contribution in [0.25, 0.3) is 6.08 Å². The highest BCUT2D eigenvalue weighted by molar-refractivity contribution is 8.26. The summed E-state index contributed by atoms with van der Waals surface area (Å²) in [6.07, 6.45) is 4.60. The Balaban J connectivity index is 1.55. The summed E-state index contributed by atoms with van der Waals surface area (Å²) >= 11 is 6.64. The van der Waals surface area contributed by atoms with Crippen LogP contribution in [0.3, 0.4) is 0 Å². The smallest absolute Gasteiger partial charge is 0.305 e. The van der Waals surface area contributed by atoms with Crippen molar-refractivity contribution in [1.29, 1.82) is 0 Å². The molecule has 1 amide bonds. The topological polar surface area (TPSA) is 65.1 Å². The maximum atomic E-state index is 12.6. The number of rotatable bonds is 7. The molecule has 3 rings (SSSR count). The number of hydrogen-bond acceptors (Lipinski definition) is 7. The van der Waals surface area contributed by atoms with E-state index in [0.717, 1.165) is 24.8 Å². The number of ether oxygens (including phenoxy) is 3. The summed E-state index contributed by atoms with van der Waals surface area (Å²) in [7, 11) is 1.38. The average molecular weight is 393 g/mol. The van der Waals surface area contributed by atoms with Crippen LogP contribution in [0.2, 0.25) is 0 Å². The van der Waals surface area contributed by atoms with Crippen LogP contribution in [-0.2, 0) is 14.3 Å². The van der Waals surface area contributed by atoms with Crippen molar-refractivity contribution in [1.82, 2.24) is 4.90 Å². The molecule has 0 aromatic heterocycles. The zero-order valence-corrected chi connectivity index (χ0v) is 16.0. The number of thioether (sulfide) groups is 1. The van der Waals surface area contributed by atoms with Gasteiger partial charge in [0.05, 0.1) is 12.0 Å². The number of amides is 1. The summed E-state index contributed by atoms with van der Waals surface area (Å²) in [6.45, 7) is 0.779. The molecule has 1 fully saturated rings. The molecule has 0 saturated carbocycles. The number of carbonyl (C=O) groups is 2. The molecule has 138 valence electrons. The van der Waals surface area contributed by atoms with Crippen LogP contribution in [0.15, 0.2) is 23.1 Å². The van der Waals surface area contributed by atoms with E-state index in [0.29, 0.717) is 33.7 Å². The van der Waals surface area contributed by atoms with Gasteiger partial charge in [0.1, 0.15) is 4.32 Å². The first-order valence-corrected chi connectivity index (χ1v) is 9.53. The summed E-state index contributed by atoms with van der Waals surface area (Å²) < 4.78 is 15.8. The molecule has 1 saturated heterocycles. The number of hydrogen-bond donors (Lipinski definition) is 0. The van der Waals surface area contributed by atoms with Crippen LogP contribution in [0.4, 0.5) is 0 Å². The van der Waals surface area contributed by atoms with Gasteiger partial charge in [-0.2, -0.15) is 0 Å². The molecule has 0 unspecified atom stereocenters. The van der Waals surface area contributed by atoms with E-state index in [2.05, 4.69) is 4.74 Å². The molecule has 0 aliphatic carbocycles. The highest BCUT2D eigenvalue weighted by Crippen LogP contribution is 2.36. The van der Waals surface area contributed by atoms with Gasteiger partial charge in [0.2, 0.25) is 6.79 Å². The van der Waals surface area contributed by atoms with Crippen LogP contribution >= 0.6 is 24.0 Å². The number of fused-ring (bicyclic) bond motifs is 1. The van der Waals surface area contributed by atoms with E-state index in [-0.39, 0.29) is 18.7 Å². The Morgan fingerprint density at radius 2 is 2.12 bits per heavy atom. The molecule has 1 aromatic carbocycles. The summed E-state index contributed by atoms with van der Waals surface area (Å²) in [4.78, 5) is 25.9. The number of benzene rings is 1. The summed E-state index contributed by atoms with van der Waals surface area (Å²) in [6, 6.07) is 5.56. The van der Waals surface area contributed by atoms with E-state index in [9.17, 15) is 9.59 Å². The van der Waals surface area contributed by atoms with Crippen molar-refractivity contribution in [3.05, 3.63) is 28.7 Å². The van der Waals surface area contributed by atoms with Crippen molar-refractivity contribution in [3.8, 4) is 11.5 Å². The largest absolute Gasteiger partial charge is 0.469 e. The Kier molecular flexibility index (Phi) is 6.16. The molecular weight excluding hydrogens is 374 g/mol. The van der Waals surface area contributed by atoms with Crippen LogP contribution in [-0.4, -0.2) is 41.5 Å². The zero-order valence-electron chi connectivity index (χ0n) is 14.4. The number of carbonyl (C=O) groups excluding carboxylic acids is 2. The van der Waals surface area contributed by atoms with E-state index in [1.165, 1.54) is 18.9 Å². The van der Waals surface area contributed by atoms with Gasteiger partial charge >= 0.3 is 5.97 Å². The molecule has 2 heterocycles. The molecule has 26 heavy (non-hydrogen) atoms. The van der Waals surface area contributed by atoms with Crippen molar-refractivity contribution in [2.24, 2.45) is 0 Å². The Morgan fingerprint density at radius 1 is 1.31 bits per heavy atom. The van der Waals surface area contributed by atoms with Crippen LogP contribution in [0.5, 0.6) is 11.5 Å². The van der Waals surface area contributed by atoms with Gasteiger partial charge in [0, 0.05) is 13.0 Å². The zero-order chi connectivity index (χ0) is 18.5. The lowest BCUT2D eigenvalue weighted by molar-refractivity contribution is -0.140. The average Bonchev–Trinajstić information content (AvgIpc) is 3.20. The first-order valence-electron chi connectivity index (χ1n) is 8.30. The minimum absolute atomic E-state index is 0.0781. The lowest BCUT2D eigenvalue weighted by Gasteiger charge is -2.13. The minimum Gasteiger partial charge on any atom is -0.469 e. The monoisotopic (exact) mass is 393 g/mol. The summed E-state index contributed by atoms with van der Waals surface area (Å²) in [5, 5.41) is 0. The maximum Gasteiger partial charge on any atom is 0.305 e. The molecule has 8 heteroatoms. The third-order valence-corrected chi connectivity index (χ3v) is 5.44. The van der Waals surface area contributed by atoms with Gasteiger partial charge in [-0.25, -0.2) is 0 Å². The molecule has 0 atom stereocenters. The Labute approximate surface area is 161 Å². The second-order valence-electron chi connectivity index (χ2n) is 5.83. The number of esters is 1. The van der Waals surface area contributed by atoms with E-state index < -0.39 is 0 Å². The van der Waals surface area contributed by atoms with E-state index in [1.807, 2.05) is 24.3 Å². The quantitative estimate of drug-likeness (QED) is 0.305. The molecule has 0 bridgehead atoms. The lowest BCUT2D eigenvalue weighted by atomic mass is 10.1. The molecule has 1 aromatic rings. The molecule has 0 spiro atoms. The Bertz CT molecular complexity index is 762. The van der Waals surface area contributed by atoms with Crippen LogP contribution < -0.4 is 9.47 Å². The van der Waals surface area contributed by atoms with Gasteiger partial charge in [-0.1, -0.05) is 36.5 Å².